The molecule has 3 rings (SSSR count). The van der Waals surface area contributed by atoms with Gasteiger partial charge in [0.25, 0.3) is 0 Å². The van der Waals surface area contributed by atoms with E-state index in [0.29, 0.717) is 17.4 Å². The molecule has 2 aromatic rings. The van der Waals surface area contributed by atoms with Crippen molar-refractivity contribution in [2.45, 2.75) is 39.7 Å². The van der Waals surface area contributed by atoms with Gasteiger partial charge in [0.2, 0.25) is 5.91 Å². The average Bonchev–Trinajstić information content (AvgIpc) is 2.73. The fourth-order valence-corrected chi connectivity index (χ4v) is 3.48. The number of carbonyl (C=O) groups excluding carboxylic acids is 1. The molecule has 1 aliphatic heterocycles. The summed E-state index contributed by atoms with van der Waals surface area (Å²) in [5, 5.41) is 2.99. The van der Waals surface area contributed by atoms with Gasteiger partial charge in [0.05, 0.1) is 18.8 Å². The Balaban J connectivity index is 1.61. The van der Waals surface area contributed by atoms with Crippen molar-refractivity contribution < 1.29 is 9.53 Å². The quantitative estimate of drug-likeness (QED) is 0.808. The van der Waals surface area contributed by atoms with Crippen LogP contribution in [0.2, 0.25) is 0 Å². The van der Waals surface area contributed by atoms with Crippen LogP contribution in [-0.4, -0.2) is 60.1 Å². The van der Waals surface area contributed by atoms with Crippen LogP contribution in [0.4, 0.5) is 11.5 Å². The molecule has 1 amide bonds. The summed E-state index contributed by atoms with van der Waals surface area (Å²) in [7, 11) is 1.60. The Bertz CT molecular complexity index is 847. The van der Waals surface area contributed by atoms with Gasteiger partial charge >= 0.3 is 0 Å². The fraction of sp³-hybridized carbons (Fsp3) is 0.500. The summed E-state index contributed by atoms with van der Waals surface area (Å²) in [5.74, 6) is 2.80. The van der Waals surface area contributed by atoms with Crippen LogP contribution in [0, 0.1) is 6.92 Å². The molecular weight excluding hydrogens is 366 g/mol. The van der Waals surface area contributed by atoms with E-state index >= 15 is 0 Å². The molecule has 1 unspecified atom stereocenters. The topological polar surface area (TPSA) is 70.6 Å². The Morgan fingerprint density at radius 2 is 1.79 bits per heavy atom. The van der Waals surface area contributed by atoms with E-state index in [9.17, 15) is 4.79 Å². The normalized spacial score (nSPS) is 16.0. The smallest absolute Gasteiger partial charge is 0.241 e. The monoisotopic (exact) mass is 397 g/mol. The Morgan fingerprint density at radius 1 is 1.10 bits per heavy atom. The summed E-state index contributed by atoms with van der Waals surface area (Å²) in [6.07, 6.45) is 0. The highest BCUT2D eigenvalue weighted by Crippen LogP contribution is 2.24. The Morgan fingerprint density at radius 3 is 2.45 bits per heavy atom. The molecular formula is C22H31N5O2. The lowest BCUT2D eigenvalue weighted by molar-refractivity contribution is -0.120. The molecule has 0 radical (unpaired) electrons. The van der Waals surface area contributed by atoms with Crippen molar-refractivity contribution in [1.29, 1.82) is 0 Å². The first-order chi connectivity index (χ1) is 13.9. The molecule has 1 saturated heterocycles. The lowest BCUT2D eigenvalue weighted by Crippen LogP contribution is -2.53. The number of ether oxygens (including phenoxy) is 1. The van der Waals surface area contributed by atoms with E-state index in [-0.39, 0.29) is 11.9 Å². The summed E-state index contributed by atoms with van der Waals surface area (Å²) in [6, 6.07) is 9.28. The first kappa shape index (κ1) is 21.0. The molecule has 1 aliphatic rings. The van der Waals surface area contributed by atoms with E-state index in [1.807, 2.05) is 44.2 Å². The lowest BCUT2D eigenvalue weighted by Gasteiger charge is -2.38. The van der Waals surface area contributed by atoms with Gasteiger partial charge in [-0.3, -0.25) is 9.69 Å². The summed E-state index contributed by atoms with van der Waals surface area (Å²) < 4.78 is 5.32. The van der Waals surface area contributed by atoms with Crippen LogP contribution in [0.25, 0.3) is 0 Å². The summed E-state index contributed by atoms with van der Waals surface area (Å²) in [5.41, 5.74) is 1.69. The zero-order valence-electron chi connectivity index (χ0n) is 18.0. The predicted molar refractivity (Wildman–Crippen MR) is 116 cm³/mol. The highest BCUT2D eigenvalue weighted by Gasteiger charge is 2.27. The van der Waals surface area contributed by atoms with Crippen LogP contribution in [0.1, 0.15) is 38.2 Å². The number of amides is 1. The summed E-state index contributed by atoms with van der Waals surface area (Å²) >= 11 is 0. The minimum absolute atomic E-state index is 0.0251. The number of rotatable bonds is 6. The predicted octanol–water partition coefficient (Wildman–Crippen LogP) is 3.07. The van der Waals surface area contributed by atoms with Gasteiger partial charge in [0.1, 0.15) is 17.4 Å². The molecule has 1 aromatic heterocycles. The Hall–Kier alpha value is -2.67. The molecule has 0 saturated carbocycles. The van der Waals surface area contributed by atoms with Gasteiger partial charge in [-0.25, -0.2) is 9.97 Å². The number of para-hydroxylation sites is 2. The van der Waals surface area contributed by atoms with Gasteiger partial charge in [0.15, 0.2) is 0 Å². The van der Waals surface area contributed by atoms with Crippen LogP contribution in [0.5, 0.6) is 5.75 Å². The number of hydrogen-bond donors (Lipinski definition) is 1. The molecule has 0 aliphatic carbocycles. The van der Waals surface area contributed by atoms with Gasteiger partial charge in [0, 0.05) is 43.9 Å². The highest BCUT2D eigenvalue weighted by atomic mass is 16.5. The number of piperazine rings is 1. The van der Waals surface area contributed by atoms with E-state index in [1.54, 1.807) is 7.11 Å². The number of hydrogen-bond acceptors (Lipinski definition) is 6. The van der Waals surface area contributed by atoms with Crippen molar-refractivity contribution in [1.82, 2.24) is 14.9 Å². The van der Waals surface area contributed by atoms with Crippen molar-refractivity contribution in [2.24, 2.45) is 0 Å². The molecule has 0 bridgehead atoms. The Labute approximate surface area is 173 Å². The first-order valence-corrected chi connectivity index (χ1v) is 10.2. The molecule has 2 heterocycles. The molecule has 1 atom stereocenters. The van der Waals surface area contributed by atoms with Gasteiger partial charge in [-0.2, -0.15) is 0 Å². The number of methoxy groups -OCH3 is 1. The number of benzene rings is 1. The number of anilines is 2. The van der Waals surface area contributed by atoms with Crippen molar-refractivity contribution in [3.8, 4) is 5.75 Å². The molecule has 1 N–H and O–H groups in total. The van der Waals surface area contributed by atoms with Crippen LogP contribution in [0.15, 0.2) is 30.3 Å². The van der Waals surface area contributed by atoms with Gasteiger partial charge < -0.3 is 15.0 Å². The molecule has 7 nitrogen and oxygen atoms in total. The molecule has 29 heavy (non-hydrogen) atoms. The van der Waals surface area contributed by atoms with E-state index in [4.69, 9.17) is 9.72 Å². The first-order valence-electron chi connectivity index (χ1n) is 10.2. The largest absolute Gasteiger partial charge is 0.495 e. The van der Waals surface area contributed by atoms with Crippen molar-refractivity contribution in [3.63, 3.8) is 0 Å². The minimum atomic E-state index is -0.222. The van der Waals surface area contributed by atoms with E-state index < -0.39 is 0 Å². The SMILES string of the molecule is COc1ccccc1NC(=O)C(C)N1CCN(c2cc(C)nc(C(C)C)n2)CC1. The van der Waals surface area contributed by atoms with E-state index in [1.165, 1.54) is 0 Å². The molecule has 0 spiro atoms. The number of carbonyl (C=O) groups is 1. The second-order valence-electron chi connectivity index (χ2n) is 7.77. The number of aromatic nitrogens is 2. The minimum Gasteiger partial charge on any atom is -0.495 e. The van der Waals surface area contributed by atoms with Gasteiger partial charge in [-0.1, -0.05) is 26.0 Å². The van der Waals surface area contributed by atoms with E-state index in [2.05, 4.69) is 33.9 Å². The molecule has 156 valence electrons. The van der Waals surface area contributed by atoms with Gasteiger partial charge in [-0.15, -0.1) is 0 Å². The second kappa shape index (κ2) is 9.22. The number of aryl methyl sites for hydroxylation is 1. The molecule has 1 aromatic carbocycles. The van der Waals surface area contributed by atoms with Crippen molar-refractivity contribution in [2.75, 3.05) is 43.5 Å². The van der Waals surface area contributed by atoms with Crippen LogP contribution in [-0.2, 0) is 4.79 Å². The molecule has 1 fully saturated rings. The maximum absolute atomic E-state index is 12.8. The third-order valence-corrected chi connectivity index (χ3v) is 5.30. The maximum atomic E-state index is 12.8. The fourth-order valence-electron chi connectivity index (χ4n) is 3.48. The summed E-state index contributed by atoms with van der Waals surface area (Å²) in [4.78, 5) is 26.5. The number of nitrogens with zero attached hydrogens (tertiary/aromatic N) is 4. The second-order valence-corrected chi connectivity index (χ2v) is 7.77. The van der Waals surface area contributed by atoms with Crippen LogP contribution in [0.3, 0.4) is 0 Å². The lowest BCUT2D eigenvalue weighted by atomic mass is 10.2. The standard InChI is InChI=1S/C22H31N5O2/c1-15(2)21-23-16(3)14-20(25-21)27-12-10-26(11-13-27)17(4)22(28)24-18-8-6-7-9-19(18)29-5/h6-9,14-15,17H,10-13H2,1-5H3,(H,24,28). The third kappa shape index (κ3) is 5.03. The zero-order chi connectivity index (χ0) is 21.0. The average molecular weight is 398 g/mol. The Kier molecular flexibility index (Phi) is 6.69. The van der Waals surface area contributed by atoms with Crippen LogP contribution >= 0.6 is 0 Å². The molecule has 7 heteroatoms. The number of nitrogens with one attached hydrogen (secondary N) is 1. The van der Waals surface area contributed by atoms with Gasteiger partial charge in [-0.05, 0) is 26.0 Å². The van der Waals surface area contributed by atoms with Crippen molar-refractivity contribution in [3.05, 3.63) is 41.9 Å². The highest BCUT2D eigenvalue weighted by molar-refractivity contribution is 5.95. The van der Waals surface area contributed by atoms with E-state index in [0.717, 1.165) is 43.5 Å². The van der Waals surface area contributed by atoms with Crippen LogP contribution < -0.4 is 15.0 Å². The third-order valence-electron chi connectivity index (χ3n) is 5.30. The van der Waals surface area contributed by atoms with Crippen molar-refractivity contribution >= 4 is 17.4 Å². The maximum Gasteiger partial charge on any atom is 0.241 e. The zero-order valence-corrected chi connectivity index (χ0v) is 18.0. The summed E-state index contributed by atoms with van der Waals surface area (Å²) in [6.45, 7) is 11.5.